The van der Waals surface area contributed by atoms with E-state index in [0.29, 0.717) is 19.3 Å². The second-order valence-electron chi connectivity index (χ2n) is 6.16. The number of carbonyl (C=O) groups is 1. The minimum absolute atomic E-state index is 0.0364. The summed E-state index contributed by atoms with van der Waals surface area (Å²) in [5, 5.41) is 15.1. The zero-order chi connectivity index (χ0) is 17.2. The molecule has 2 amide bonds. The maximum absolute atomic E-state index is 13.5. The molecule has 134 valence electrons. The van der Waals surface area contributed by atoms with E-state index in [4.69, 9.17) is 4.74 Å². The molecule has 0 heterocycles. The SMILES string of the molecule is O=C(NCCCOC1CCCCC1)NCC(O)c1ccccc1F. The number of amides is 2. The van der Waals surface area contributed by atoms with E-state index in [1.165, 1.54) is 31.4 Å². The highest BCUT2D eigenvalue weighted by molar-refractivity contribution is 5.73. The maximum Gasteiger partial charge on any atom is 0.314 e. The molecule has 0 radical (unpaired) electrons. The van der Waals surface area contributed by atoms with E-state index in [0.717, 1.165) is 19.3 Å². The highest BCUT2D eigenvalue weighted by Crippen LogP contribution is 2.20. The van der Waals surface area contributed by atoms with Crippen molar-refractivity contribution in [2.24, 2.45) is 0 Å². The molecule has 1 fully saturated rings. The van der Waals surface area contributed by atoms with E-state index in [9.17, 15) is 14.3 Å². The van der Waals surface area contributed by atoms with E-state index in [2.05, 4.69) is 10.6 Å². The van der Waals surface area contributed by atoms with Crippen LogP contribution in [-0.4, -0.2) is 36.9 Å². The van der Waals surface area contributed by atoms with E-state index in [1.807, 2.05) is 0 Å². The van der Waals surface area contributed by atoms with Crippen molar-refractivity contribution in [2.45, 2.75) is 50.7 Å². The number of rotatable bonds is 8. The molecule has 2 rings (SSSR count). The Balaban J connectivity index is 1.54. The van der Waals surface area contributed by atoms with E-state index in [-0.39, 0.29) is 18.1 Å². The molecule has 0 aromatic heterocycles. The summed E-state index contributed by atoms with van der Waals surface area (Å²) < 4.78 is 19.3. The Morgan fingerprint density at radius 3 is 2.75 bits per heavy atom. The van der Waals surface area contributed by atoms with Crippen molar-refractivity contribution < 1.29 is 19.0 Å². The zero-order valence-corrected chi connectivity index (χ0v) is 14.0. The minimum Gasteiger partial charge on any atom is -0.386 e. The Morgan fingerprint density at radius 2 is 2.00 bits per heavy atom. The van der Waals surface area contributed by atoms with Crippen LogP contribution in [0.3, 0.4) is 0 Å². The first kappa shape index (κ1) is 18.7. The smallest absolute Gasteiger partial charge is 0.314 e. The Bertz CT molecular complexity index is 507. The first-order valence-corrected chi connectivity index (χ1v) is 8.72. The first-order valence-electron chi connectivity index (χ1n) is 8.72. The highest BCUT2D eigenvalue weighted by Gasteiger charge is 2.14. The van der Waals surface area contributed by atoms with E-state index >= 15 is 0 Å². The fourth-order valence-electron chi connectivity index (χ4n) is 2.86. The summed E-state index contributed by atoms with van der Waals surface area (Å²) in [7, 11) is 0. The number of nitrogens with one attached hydrogen (secondary N) is 2. The number of hydrogen-bond donors (Lipinski definition) is 3. The maximum atomic E-state index is 13.5. The number of hydrogen-bond acceptors (Lipinski definition) is 3. The summed E-state index contributed by atoms with van der Waals surface area (Å²) in [6.07, 6.45) is 6.14. The molecule has 0 spiro atoms. The van der Waals surface area contributed by atoms with Gasteiger partial charge in [0.2, 0.25) is 0 Å². The van der Waals surface area contributed by atoms with Crippen LogP contribution in [0.4, 0.5) is 9.18 Å². The summed E-state index contributed by atoms with van der Waals surface area (Å²) in [4.78, 5) is 11.7. The molecule has 6 heteroatoms. The molecule has 3 N–H and O–H groups in total. The zero-order valence-electron chi connectivity index (χ0n) is 14.0. The fourth-order valence-corrected chi connectivity index (χ4v) is 2.86. The number of urea groups is 1. The van der Waals surface area contributed by atoms with Gasteiger partial charge in [0.1, 0.15) is 5.82 Å². The molecule has 1 aliphatic carbocycles. The number of aliphatic hydroxyl groups excluding tert-OH is 1. The van der Waals surface area contributed by atoms with Crippen LogP contribution in [0, 0.1) is 5.82 Å². The van der Waals surface area contributed by atoms with Crippen molar-refractivity contribution in [3.8, 4) is 0 Å². The third-order valence-corrected chi connectivity index (χ3v) is 4.23. The van der Waals surface area contributed by atoms with Gasteiger partial charge >= 0.3 is 6.03 Å². The van der Waals surface area contributed by atoms with Gasteiger partial charge in [-0.15, -0.1) is 0 Å². The van der Waals surface area contributed by atoms with Crippen LogP contribution in [0.25, 0.3) is 0 Å². The number of ether oxygens (including phenoxy) is 1. The van der Waals surface area contributed by atoms with Crippen LogP contribution < -0.4 is 10.6 Å². The topological polar surface area (TPSA) is 70.6 Å². The van der Waals surface area contributed by atoms with Crippen molar-refractivity contribution >= 4 is 6.03 Å². The fraction of sp³-hybridized carbons (Fsp3) is 0.611. The second-order valence-corrected chi connectivity index (χ2v) is 6.16. The van der Waals surface area contributed by atoms with E-state index < -0.39 is 11.9 Å². The summed E-state index contributed by atoms with van der Waals surface area (Å²) in [5.74, 6) is -0.480. The van der Waals surface area contributed by atoms with Gasteiger partial charge in [-0.05, 0) is 25.3 Å². The van der Waals surface area contributed by atoms with Gasteiger partial charge in [0.25, 0.3) is 0 Å². The molecule has 0 saturated heterocycles. The molecular weight excluding hydrogens is 311 g/mol. The number of carbonyl (C=O) groups excluding carboxylic acids is 1. The first-order chi connectivity index (χ1) is 11.7. The number of benzene rings is 1. The lowest BCUT2D eigenvalue weighted by atomic mass is 9.98. The van der Waals surface area contributed by atoms with Crippen LogP contribution >= 0.6 is 0 Å². The molecular formula is C18H27FN2O3. The summed E-state index contributed by atoms with van der Waals surface area (Å²) >= 11 is 0. The number of aliphatic hydroxyl groups is 1. The normalized spacial score (nSPS) is 16.6. The van der Waals surface area contributed by atoms with Crippen molar-refractivity contribution in [2.75, 3.05) is 19.7 Å². The molecule has 0 bridgehead atoms. The van der Waals surface area contributed by atoms with Gasteiger partial charge in [-0.2, -0.15) is 0 Å². The molecule has 1 unspecified atom stereocenters. The van der Waals surface area contributed by atoms with Crippen LogP contribution in [0.2, 0.25) is 0 Å². The Hall–Kier alpha value is -1.66. The van der Waals surface area contributed by atoms with Gasteiger partial charge in [0, 0.05) is 25.3 Å². The van der Waals surface area contributed by atoms with Crippen molar-refractivity contribution in [3.63, 3.8) is 0 Å². The van der Waals surface area contributed by atoms with Gasteiger partial charge in [-0.25, -0.2) is 9.18 Å². The molecule has 1 saturated carbocycles. The molecule has 5 nitrogen and oxygen atoms in total. The third-order valence-electron chi connectivity index (χ3n) is 4.23. The molecule has 1 aliphatic rings. The van der Waals surface area contributed by atoms with Crippen LogP contribution in [0.1, 0.15) is 50.2 Å². The van der Waals surface area contributed by atoms with Gasteiger partial charge in [-0.3, -0.25) is 0 Å². The molecule has 0 aliphatic heterocycles. The van der Waals surface area contributed by atoms with Gasteiger partial charge in [0.15, 0.2) is 0 Å². The van der Waals surface area contributed by atoms with Crippen LogP contribution in [0.5, 0.6) is 0 Å². The average molecular weight is 338 g/mol. The predicted octanol–water partition coefficient (Wildman–Crippen LogP) is 2.90. The largest absolute Gasteiger partial charge is 0.386 e. The molecule has 1 aromatic carbocycles. The lowest BCUT2D eigenvalue weighted by Gasteiger charge is -2.21. The standard InChI is InChI=1S/C18H27FN2O3/c19-16-10-5-4-9-15(16)17(22)13-21-18(23)20-11-6-12-24-14-7-2-1-3-8-14/h4-5,9-10,14,17,22H,1-3,6-8,11-13H2,(H2,20,21,23). The second kappa shape index (κ2) is 10.3. The Kier molecular flexibility index (Phi) is 7.98. The average Bonchev–Trinajstić information content (AvgIpc) is 2.60. The summed E-state index contributed by atoms with van der Waals surface area (Å²) in [5.41, 5.74) is 0.179. The Labute approximate surface area is 142 Å². The van der Waals surface area contributed by atoms with Crippen molar-refractivity contribution in [1.29, 1.82) is 0 Å². The molecule has 1 aromatic rings. The summed E-state index contributed by atoms with van der Waals surface area (Å²) in [6.45, 7) is 1.11. The van der Waals surface area contributed by atoms with Crippen molar-refractivity contribution in [1.82, 2.24) is 10.6 Å². The van der Waals surface area contributed by atoms with Crippen LogP contribution in [-0.2, 0) is 4.74 Å². The van der Waals surface area contributed by atoms with Gasteiger partial charge < -0.3 is 20.5 Å². The lowest BCUT2D eigenvalue weighted by molar-refractivity contribution is 0.0275. The lowest BCUT2D eigenvalue weighted by Crippen LogP contribution is -2.38. The highest BCUT2D eigenvalue weighted by atomic mass is 19.1. The summed E-state index contributed by atoms with van der Waals surface area (Å²) in [6, 6.07) is 5.62. The molecule has 1 atom stereocenters. The van der Waals surface area contributed by atoms with Gasteiger partial charge in [-0.1, -0.05) is 37.5 Å². The quantitative estimate of drug-likeness (QED) is 0.638. The van der Waals surface area contributed by atoms with Gasteiger partial charge in [0.05, 0.1) is 12.2 Å². The monoisotopic (exact) mass is 338 g/mol. The third kappa shape index (κ3) is 6.45. The number of halogens is 1. The van der Waals surface area contributed by atoms with E-state index in [1.54, 1.807) is 12.1 Å². The minimum atomic E-state index is -1.06. The van der Waals surface area contributed by atoms with Crippen LogP contribution in [0.15, 0.2) is 24.3 Å². The van der Waals surface area contributed by atoms with Crippen molar-refractivity contribution in [3.05, 3.63) is 35.6 Å². The Morgan fingerprint density at radius 1 is 1.25 bits per heavy atom. The predicted molar refractivity (Wildman–Crippen MR) is 90.2 cm³/mol. The molecule has 24 heavy (non-hydrogen) atoms.